The van der Waals surface area contributed by atoms with Gasteiger partial charge in [0.05, 0.1) is 36.1 Å². The number of nitro groups is 1. The number of aromatic amines is 1. The summed E-state index contributed by atoms with van der Waals surface area (Å²) in [5.41, 5.74) is 0.453. The monoisotopic (exact) mass is 264 g/mol. The lowest BCUT2D eigenvalue weighted by molar-refractivity contribution is -0.385. The molecule has 0 atom stereocenters. The fourth-order valence-corrected chi connectivity index (χ4v) is 2.06. The lowest BCUT2D eigenvalue weighted by Crippen LogP contribution is -2.07. The van der Waals surface area contributed by atoms with E-state index in [-0.39, 0.29) is 22.7 Å². The quantitative estimate of drug-likeness (QED) is 0.673. The van der Waals surface area contributed by atoms with Crippen molar-refractivity contribution in [3.8, 4) is 11.5 Å². The maximum Gasteiger partial charge on any atom is 0.315 e. The van der Waals surface area contributed by atoms with Gasteiger partial charge < -0.3 is 14.5 Å². The van der Waals surface area contributed by atoms with Crippen LogP contribution in [0.2, 0.25) is 0 Å². The van der Waals surface area contributed by atoms with Gasteiger partial charge in [0.15, 0.2) is 0 Å². The van der Waals surface area contributed by atoms with Crippen LogP contribution < -0.4 is 15.0 Å². The van der Waals surface area contributed by atoms with Crippen molar-refractivity contribution in [3.63, 3.8) is 0 Å². The first-order chi connectivity index (χ1) is 8.99. The van der Waals surface area contributed by atoms with E-state index in [1.165, 1.54) is 26.4 Å². The van der Waals surface area contributed by atoms with E-state index in [9.17, 15) is 14.9 Å². The molecule has 0 unspecified atom stereocenters. The highest BCUT2D eigenvalue weighted by molar-refractivity contribution is 5.96. The van der Waals surface area contributed by atoms with Crippen LogP contribution in [0.4, 0.5) is 5.69 Å². The van der Waals surface area contributed by atoms with Crippen LogP contribution in [0.5, 0.6) is 11.5 Å². The standard InChI is InChI=1S/C12H12N2O5/c1-6-4-9(15)13-11-8(18-2)5-7(14(16)17)12(19-3)10(6)11/h4-5H,1-3H3,(H,13,15). The molecular weight excluding hydrogens is 252 g/mol. The lowest BCUT2D eigenvalue weighted by Gasteiger charge is -2.11. The van der Waals surface area contributed by atoms with Crippen LogP contribution in [0.15, 0.2) is 16.9 Å². The van der Waals surface area contributed by atoms with Crippen LogP contribution in [0.3, 0.4) is 0 Å². The summed E-state index contributed by atoms with van der Waals surface area (Å²) >= 11 is 0. The third kappa shape index (κ3) is 1.99. The van der Waals surface area contributed by atoms with E-state index in [2.05, 4.69) is 4.98 Å². The number of nitrogens with one attached hydrogen (secondary N) is 1. The minimum absolute atomic E-state index is 0.106. The average Bonchev–Trinajstić information content (AvgIpc) is 2.36. The third-order valence-corrected chi connectivity index (χ3v) is 2.83. The number of benzene rings is 1. The second-order valence-electron chi connectivity index (χ2n) is 3.95. The first-order valence-electron chi connectivity index (χ1n) is 5.42. The van der Waals surface area contributed by atoms with Crippen molar-refractivity contribution in [1.82, 2.24) is 4.98 Å². The molecule has 0 aliphatic carbocycles. The molecule has 0 amide bonds. The van der Waals surface area contributed by atoms with Crippen LogP contribution >= 0.6 is 0 Å². The molecule has 0 saturated heterocycles. The van der Waals surface area contributed by atoms with Crippen molar-refractivity contribution in [2.24, 2.45) is 0 Å². The van der Waals surface area contributed by atoms with Crippen LogP contribution in [0.1, 0.15) is 5.56 Å². The zero-order valence-corrected chi connectivity index (χ0v) is 10.6. The van der Waals surface area contributed by atoms with E-state index >= 15 is 0 Å². The zero-order valence-electron chi connectivity index (χ0n) is 10.6. The van der Waals surface area contributed by atoms with Gasteiger partial charge in [0.25, 0.3) is 0 Å². The molecule has 100 valence electrons. The van der Waals surface area contributed by atoms with E-state index in [0.29, 0.717) is 16.5 Å². The molecule has 7 heteroatoms. The molecule has 2 aromatic rings. The van der Waals surface area contributed by atoms with Crippen molar-refractivity contribution in [2.45, 2.75) is 6.92 Å². The van der Waals surface area contributed by atoms with Gasteiger partial charge in [0, 0.05) is 6.07 Å². The Morgan fingerprint density at radius 1 is 1.26 bits per heavy atom. The molecule has 0 saturated carbocycles. The van der Waals surface area contributed by atoms with Crippen molar-refractivity contribution in [1.29, 1.82) is 0 Å². The van der Waals surface area contributed by atoms with Gasteiger partial charge in [-0.15, -0.1) is 0 Å². The fourth-order valence-electron chi connectivity index (χ4n) is 2.06. The summed E-state index contributed by atoms with van der Waals surface area (Å²) in [4.78, 5) is 24.6. The molecule has 1 aromatic carbocycles. The number of hydrogen-bond acceptors (Lipinski definition) is 5. The van der Waals surface area contributed by atoms with Crippen molar-refractivity contribution < 1.29 is 14.4 Å². The molecule has 0 fully saturated rings. The summed E-state index contributed by atoms with van der Waals surface area (Å²) in [7, 11) is 2.73. The summed E-state index contributed by atoms with van der Waals surface area (Å²) in [5, 5.41) is 11.5. The minimum atomic E-state index is -0.550. The number of aryl methyl sites for hydroxylation is 1. The number of hydrogen-bond donors (Lipinski definition) is 1. The van der Waals surface area contributed by atoms with Crippen molar-refractivity contribution in [3.05, 3.63) is 38.2 Å². The second-order valence-corrected chi connectivity index (χ2v) is 3.95. The topological polar surface area (TPSA) is 94.5 Å². The molecule has 1 N–H and O–H groups in total. The Balaban J connectivity index is 3.05. The van der Waals surface area contributed by atoms with E-state index in [1.807, 2.05) is 0 Å². The van der Waals surface area contributed by atoms with Crippen LogP contribution in [0.25, 0.3) is 10.9 Å². The number of ether oxygens (including phenoxy) is 2. The second kappa shape index (κ2) is 4.60. The molecule has 7 nitrogen and oxygen atoms in total. The number of H-pyrrole nitrogens is 1. The summed E-state index contributed by atoms with van der Waals surface area (Å²) in [6, 6.07) is 2.59. The van der Waals surface area contributed by atoms with E-state index < -0.39 is 4.92 Å². The molecule has 1 aromatic heterocycles. The summed E-state index contributed by atoms with van der Waals surface area (Å²) in [5.74, 6) is 0.331. The smallest absolute Gasteiger partial charge is 0.315 e. The first-order valence-corrected chi connectivity index (χ1v) is 5.42. The van der Waals surface area contributed by atoms with E-state index in [1.54, 1.807) is 6.92 Å². The molecule has 19 heavy (non-hydrogen) atoms. The number of aromatic nitrogens is 1. The summed E-state index contributed by atoms with van der Waals surface area (Å²) in [6.45, 7) is 1.68. The van der Waals surface area contributed by atoms with Gasteiger partial charge in [-0.3, -0.25) is 14.9 Å². The van der Waals surface area contributed by atoms with Gasteiger partial charge >= 0.3 is 5.69 Å². The van der Waals surface area contributed by atoms with Crippen molar-refractivity contribution in [2.75, 3.05) is 14.2 Å². The summed E-state index contributed by atoms with van der Waals surface area (Å²) in [6.07, 6.45) is 0. The first kappa shape index (κ1) is 12.9. The third-order valence-electron chi connectivity index (χ3n) is 2.83. The Morgan fingerprint density at radius 3 is 2.47 bits per heavy atom. The highest BCUT2D eigenvalue weighted by Crippen LogP contribution is 2.40. The Labute approximate surface area is 107 Å². The molecule has 0 aliphatic heterocycles. The van der Waals surface area contributed by atoms with Crippen molar-refractivity contribution >= 4 is 16.6 Å². The van der Waals surface area contributed by atoms with Crippen LogP contribution in [-0.2, 0) is 0 Å². The number of nitro benzene ring substituents is 1. The number of pyridine rings is 1. The van der Waals surface area contributed by atoms with E-state index in [0.717, 1.165) is 0 Å². The largest absolute Gasteiger partial charge is 0.494 e. The lowest BCUT2D eigenvalue weighted by atomic mass is 10.1. The molecule has 0 radical (unpaired) electrons. The Kier molecular flexibility index (Phi) is 3.12. The Morgan fingerprint density at radius 2 is 1.95 bits per heavy atom. The average molecular weight is 264 g/mol. The Bertz CT molecular complexity index is 720. The number of nitrogens with zero attached hydrogens (tertiary/aromatic N) is 1. The number of rotatable bonds is 3. The van der Waals surface area contributed by atoms with Gasteiger partial charge in [-0.2, -0.15) is 0 Å². The Hall–Kier alpha value is -2.57. The predicted octanol–water partition coefficient (Wildman–Crippen LogP) is 1.76. The van der Waals surface area contributed by atoms with Crippen LogP contribution in [-0.4, -0.2) is 24.1 Å². The maximum atomic E-state index is 11.5. The summed E-state index contributed by atoms with van der Waals surface area (Å²) < 4.78 is 10.2. The predicted molar refractivity (Wildman–Crippen MR) is 69.1 cm³/mol. The zero-order chi connectivity index (χ0) is 14.2. The molecule has 2 rings (SSSR count). The van der Waals surface area contributed by atoms with Gasteiger partial charge in [-0.25, -0.2) is 0 Å². The van der Waals surface area contributed by atoms with Gasteiger partial charge in [-0.1, -0.05) is 0 Å². The molecule has 0 aliphatic rings. The molecular formula is C12H12N2O5. The highest BCUT2D eigenvalue weighted by Gasteiger charge is 2.23. The molecule has 1 heterocycles. The number of methoxy groups -OCH3 is 2. The van der Waals surface area contributed by atoms with E-state index in [4.69, 9.17) is 9.47 Å². The molecule has 0 spiro atoms. The van der Waals surface area contributed by atoms with Crippen LogP contribution in [0, 0.1) is 17.0 Å². The SMILES string of the molecule is COc1cc([N+](=O)[O-])c(OC)c2c(C)cc(=O)[nH]c12. The normalized spacial score (nSPS) is 10.5. The van der Waals surface area contributed by atoms with Gasteiger partial charge in [0.1, 0.15) is 5.75 Å². The fraction of sp³-hybridized carbons (Fsp3) is 0.250. The van der Waals surface area contributed by atoms with Gasteiger partial charge in [-0.05, 0) is 12.5 Å². The number of fused-ring (bicyclic) bond motifs is 1. The maximum absolute atomic E-state index is 11.5. The minimum Gasteiger partial charge on any atom is -0.494 e. The highest BCUT2D eigenvalue weighted by atomic mass is 16.6. The molecule has 0 bridgehead atoms. The van der Waals surface area contributed by atoms with Gasteiger partial charge in [0.2, 0.25) is 11.3 Å².